The summed E-state index contributed by atoms with van der Waals surface area (Å²) < 4.78 is 37.4. The van der Waals surface area contributed by atoms with Crippen molar-refractivity contribution in [2.45, 2.75) is 4.90 Å². The van der Waals surface area contributed by atoms with Crippen molar-refractivity contribution in [2.24, 2.45) is 5.10 Å². The quantitative estimate of drug-likeness (QED) is 0.435. The van der Waals surface area contributed by atoms with Crippen molar-refractivity contribution >= 4 is 38.1 Å². The fraction of sp³-hybridized carbons (Fsp3) is 0.222. The summed E-state index contributed by atoms with van der Waals surface area (Å²) in [6, 6.07) is 9.07. The number of aromatic hydroxyl groups is 1. The molecule has 0 unspecified atom stereocenters. The van der Waals surface area contributed by atoms with Gasteiger partial charge in [-0.2, -0.15) is 9.41 Å². The largest absolute Gasteiger partial charge is 0.507 e. The molecule has 2 rings (SSSR count). The number of hydrazone groups is 1. The molecule has 156 valence electrons. The maximum absolute atomic E-state index is 12.8. The lowest BCUT2D eigenvalue weighted by atomic mass is 10.2. The van der Waals surface area contributed by atoms with Gasteiger partial charge in [-0.05, 0) is 30.3 Å². The molecule has 9 nitrogen and oxygen atoms in total. The molecule has 0 saturated heterocycles. The van der Waals surface area contributed by atoms with Crippen LogP contribution in [0.4, 0.5) is 0 Å². The third-order valence-electron chi connectivity index (χ3n) is 3.81. The zero-order chi connectivity index (χ0) is 21.6. The minimum Gasteiger partial charge on any atom is -0.507 e. The van der Waals surface area contributed by atoms with Crippen LogP contribution in [0.25, 0.3) is 0 Å². The van der Waals surface area contributed by atoms with E-state index in [-0.39, 0.29) is 16.4 Å². The smallest absolute Gasteiger partial charge is 0.255 e. The Kier molecular flexibility index (Phi) is 7.59. The number of sulfonamides is 1. The Morgan fingerprint density at radius 2 is 1.97 bits per heavy atom. The first-order chi connectivity index (χ1) is 13.7. The van der Waals surface area contributed by atoms with Crippen LogP contribution in [0.15, 0.2) is 50.9 Å². The Morgan fingerprint density at radius 3 is 2.62 bits per heavy atom. The molecule has 0 saturated carbocycles. The number of likely N-dealkylation sites (N-methyl/N-ethyl adjacent to an activating group) is 1. The molecule has 2 aromatic rings. The molecule has 2 aromatic carbocycles. The molecule has 2 N–H and O–H groups in total. The summed E-state index contributed by atoms with van der Waals surface area (Å²) in [4.78, 5) is 12.0. The number of ether oxygens (including phenoxy) is 2. The average Bonchev–Trinajstić information content (AvgIpc) is 2.69. The highest BCUT2D eigenvalue weighted by atomic mass is 79.9. The van der Waals surface area contributed by atoms with Crippen molar-refractivity contribution in [1.29, 1.82) is 0 Å². The molecule has 0 fully saturated rings. The number of methoxy groups -OCH3 is 2. The third-order valence-corrected chi connectivity index (χ3v) is 6.13. The molecule has 0 bridgehead atoms. The number of benzene rings is 2. The number of hydrogen-bond acceptors (Lipinski definition) is 7. The van der Waals surface area contributed by atoms with Crippen LogP contribution in [0.2, 0.25) is 0 Å². The lowest BCUT2D eigenvalue weighted by molar-refractivity contribution is -0.121. The average molecular weight is 486 g/mol. The number of nitrogens with zero attached hydrogens (tertiary/aromatic N) is 2. The lowest BCUT2D eigenvalue weighted by Gasteiger charge is -2.18. The van der Waals surface area contributed by atoms with Crippen molar-refractivity contribution in [3.63, 3.8) is 0 Å². The van der Waals surface area contributed by atoms with E-state index in [0.717, 1.165) is 8.78 Å². The van der Waals surface area contributed by atoms with Gasteiger partial charge in [-0.3, -0.25) is 4.79 Å². The van der Waals surface area contributed by atoms with E-state index in [2.05, 4.69) is 26.5 Å². The van der Waals surface area contributed by atoms with Gasteiger partial charge >= 0.3 is 0 Å². The number of hydrogen-bond donors (Lipinski definition) is 2. The summed E-state index contributed by atoms with van der Waals surface area (Å²) in [5.41, 5.74) is 2.60. The highest BCUT2D eigenvalue weighted by Crippen LogP contribution is 2.30. The van der Waals surface area contributed by atoms with Crippen molar-refractivity contribution in [1.82, 2.24) is 9.73 Å². The minimum atomic E-state index is -4.03. The predicted octanol–water partition coefficient (Wildman–Crippen LogP) is 1.94. The summed E-state index contributed by atoms with van der Waals surface area (Å²) in [6.45, 7) is -0.482. The normalized spacial score (nSPS) is 11.6. The van der Waals surface area contributed by atoms with Crippen LogP contribution in [0.5, 0.6) is 17.2 Å². The summed E-state index contributed by atoms with van der Waals surface area (Å²) in [5, 5.41) is 13.5. The molecule has 1 amide bonds. The Labute approximate surface area is 177 Å². The molecule has 0 radical (unpaired) electrons. The number of amides is 1. The van der Waals surface area contributed by atoms with Crippen LogP contribution in [0.3, 0.4) is 0 Å². The van der Waals surface area contributed by atoms with E-state index in [1.165, 1.54) is 45.7 Å². The Morgan fingerprint density at radius 1 is 1.24 bits per heavy atom. The first kappa shape index (κ1) is 22.7. The van der Waals surface area contributed by atoms with Gasteiger partial charge in [-0.1, -0.05) is 15.9 Å². The maximum atomic E-state index is 12.8. The van der Waals surface area contributed by atoms with Crippen LogP contribution in [0, 0.1) is 0 Å². The van der Waals surface area contributed by atoms with Gasteiger partial charge in [-0.25, -0.2) is 13.8 Å². The van der Waals surface area contributed by atoms with Crippen molar-refractivity contribution in [3.05, 3.63) is 46.4 Å². The number of rotatable bonds is 8. The van der Waals surface area contributed by atoms with Crippen LogP contribution in [0.1, 0.15) is 5.56 Å². The van der Waals surface area contributed by atoms with Gasteiger partial charge in [0.15, 0.2) is 0 Å². The van der Waals surface area contributed by atoms with Crippen LogP contribution in [-0.4, -0.2) is 57.8 Å². The zero-order valence-electron chi connectivity index (χ0n) is 15.9. The van der Waals surface area contributed by atoms with Crippen LogP contribution >= 0.6 is 15.9 Å². The molecule has 0 aliphatic heterocycles. The monoisotopic (exact) mass is 485 g/mol. The Bertz CT molecular complexity index is 1030. The molecule has 29 heavy (non-hydrogen) atoms. The van der Waals surface area contributed by atoms with Gasteiger partial charge in [-0.15, -0.1) is 0 Å². The number of carbonyl (C=O) groups is 1. The van der Waals surface area contributed by atoms with E-state index in [4.69, 9.17) is 9.47 Å². The third kappa shape index (κ3) is 5.68. The molecule has 0 spiro atoms. The van der Waals surface area contributed by atoms with Gasteiger partial charge in [0.05, 0.1) is 27.0 Å². The number of phenolic OH excluding ortho intramolecular Hbond substituents is 1. The lowest BCUT2D eigenvalue weighted by Crippen LogP contribution is -2.36. The molecule has 11 heteroatoms. The van der Waals surface area contributed by atoms with Crippen LogP contribution < -0.4 is 14.9 Å². The minimum absolute atomic E-state index is 0.0176. The summed E-state index contributed by atoms with van der Waals surface area (Å²) in [6.07, 6.45) is 1.25. The molecule has 0 aliphatic rings. The van der Waals surface area contributed by atoms with Crippen molar-refractivity contribution in [2.75, 3.05) is 27.8 Å². The molecular formula is C18H20BrN3O6S. The number of nitrogens with one attached hydrogen (secondary N) is 1. The number of phenols is 1. The number of halogens is 1. The first-order valence-corrected chi connectivity index (χ1v) is 10.4. The van der Waals surface area contributed by atoms with E-state index in [0.29, 0.717) is 11.3 Å². The fourth-order valence-electron chi connectivity index (χ4n) is 2.28. The molecule has 0 aromatic heterocycles. The van der Waals surface area contributed by atoms with E-state index in [1.807, 2.05) is 0 Å². The second-order valence-electron chi connectivity index (χ2n) is 5.77. The van der Waals surface area contributed by atoms with E-state index in [1.54, 1.807) is 18.2 Å². The van der Waals surface area contributed by atoms with Crippen molar-refractivity contribution in [3.8, 4) is 17.2 Å². The summed E-state index contributed by atoms with van der Waals surface area (Å²) in [7, 11) is -0.00794. The highest BCUT2D eigenvalue weighted by Gasteiger charge is 2.27. The topological polar surface area (TPSA) is 118 Å². The van der Waals surface area contributed by atoms with Gasteiger partial charge in [0.1, 0.15) is 22.1 Å². The van der Waals surface area contributed by atoms with E-state index >= 15 is 0 Å². The summed E-state index contributed by atoms with van der Waals surface area (Å²) in [5.74, 6) is -0.221. The zero-order valence-corrected chi connectivity index (χ0v) is 18.3. The second-order valence-corrected chi connectivity index (χ2v) is 8.70. The molecule has 0 aliphatic carbocycles. The van der Waals surface area contributed by atoms with Crippen LogP contribution in [-0.2, 0) is 14.8 Å². The van der Waals surface area contributed by atoms with Crippen molar-refractivity contribution < 1.29 is 27.8 Å². The standard InChI is InChI=1S/C18H20BrN3O6S/c1-22(29(25,26)17-9-14(27-2)5-7-16(17)28-3)11-18(24)21-20-10-12-8-13(19)4-6-15(12)23/h4-10,23H,11H2,1-3H3,(H,21,24). The Hall–Kier alpha value is -2.63. The van der Waals surface area contributed by atoms with E-state index in [9.17, 15) is 18.3 Å². The SMILES string of the molecule is COc1ccc(OC)c(S(=O)(=O)N(C)CC(=O)NN=Cc2cc(Br)ccc2O)c1. The van der Waals surface area contributed by atoms with Gasteiger partial charge < -0.3 is 14.6 Å². The van der Waals surface area contributed by atoms with Gasteiger partial charge in [0.25, 0.3) is 5.91 Å². The van der Waals surface area contributed by atoms with E-state index < -0.39 is 22.5 Å². The van der Waals surface area contributed by atoms with Gasteiger partial charge in [0.2, 0.25) is 10.0 Å². The second kappa shape index (κ2) is 9.72. The van der Waals surface area contributed by atoms with Gasteiger partial charge in [0, 0.05) is 23.2 Å². The molecular weight excluding hydrogens is 466 g/mol. The fourth-order valence-corrected chi connectivity index (χ4v) is 3.95. The first-order valence-electron chi connectivity index (χ1n) is 8.18. The number of carbonyl (C=O) groups excluding carboxylic acids is 1. The maximum Gasteiger partial charge on any atom is 0.255 e. The Balaban J connectivity index is 2.10. The molecule has 0 heterocycles. The predicted molar refractivity (Wildman–Crippen MR) is 111 cm³/mol. The molecule has 0 atom stereocenters. The highest BCUT2D eigenvalue weighted by molar-refractivity contribution is 9.10. The summed E-state index contributed by atoms with van der Waals surface area (Å²) >= 11 is 3.26.